The number of amides is 1. The molecule has 0 saturated carbocycles. The molecule has 5 nitrogen and oxygen atoms in total. The maximum absolute atomic E-state index is 12.9. The third kappa shape index (κ3) is 2.87. The average Bonchev–Trinajstić information content (AvgIpc) is 3.25. The normalized spacial score (nSPS) is 19.0. The number of aromatic nitrogens is 1. The van der Waals surface area contributed by atoms with E-state index in [2.05, 4.69) is 9.88 Å². The van der Waals surface area contributed by atoms with Gasteiger partial charge in [-0.2, -0.15) is 0 Å². The number of hydrogen-bond acceptors (Lipinski definition) is 5. The van der Waals surface area contributed by atoms with Crippen LogP contribution in [0.3, 0.4) is 0 Å². The second-order valence-corrected chi connectivity index (χ2v) is 8.96. The van der Waals surface area contributed by atoms with Crippen LogP contribution in [0.1, 0.15) is 5.56 Å². The largest absolute Gasteiger partial charge is 0.479 e. The number of pyridine rings is 1. The van der Waals surface area contributed by atoms with Gasteiger partial charge >= 0.3 is 0 Å². The molecule has 1 saturated heterocycles. The highest BCUT2D eigenvalue weighted by molar-refractivity contribution is 7.17. The van der Waals surface area contributed by atoms with Crippen LogP contribution in [0, 0.1) is 0 Å². The number of halogens is 1. The maximum Gasteiger partial charge on any atom is 0.264 e. The molecule has 0 unspecified atom stereocenters. The summed E-state index contributed by atoms with van der Waals surface area (Å²) in [5.41, 5.74) is 3.93. The van der Waals surface area contributed by atoms with E-state index in [0.29, 0.717) is 17.5 Å². The summed E-state index contributed by atoms with van der Waals surface area (Å²) in [6.45, 7) is 1.52. The van der Waals surface area contributed by atoms with Crippen LogP contribution >= 0.6 is 22.9 Å². The number of likely N-dealkylation sites (tertiary alicyclic amines) is 1. The topological polar surface area (TPSA) is 45.7 Å². The zero-order chi connectivity index (χ0) is 19.4. The van der Waals surface area contributed by atoms with Crippen molar-refractivity contribution in [2.75, 3.05) is 27.2 Å². The van der Waals surface area contributed by atoms with Gasteiger partial charge in [0.1, 0.15) is 5.75 Å². The number of rotatable bonds is 3. The molecule has 7 heteroatoms. The van der Waals surface area contributed by atoms with Gasteiger partial charge in [0.25, 0.3) is 5.91 Å². The zero-order valence-corrected chi connectivity index (χ0v) is 17.3. The van der Waals surface area contributed by atoms with Gasteiger partial charge < -0.3 is 14.5 Å². The average molecular weight is 414 g/mol. The molecule has 2 aliphatic rings. The predicted molar refractivity (Wildman–Crippen MR) is 112 cm³/mol. The van der Waals surface area contributed by atoms with Gasteiger partial charge in [-0.1, -0.05) is 11.6 Å². The number of carbonyl (C=O) groups excluding carboxylic acids is 1. The van der Waals surface area contributed by atoms with Gasteiger partial charge in [0.15, 0.2) is 6.10 Å². The molecule has 2 aromatic heterocycles. The Bertz CT molecular complexity index is 1070. The van der Waals surface area contributed by atoms with E-state index in [9.17, 15) is 4.79 Å². The molecule has 5 rings (SSSR count). The highest BCUT2D eigenvalue weighted by atomic mass is 35.5. The molecular formula is C21H20ClN3O2S. The van der Waals surface area contributed by atoms with Crippen LogP contribution in [0.15, 0.2) is 35.8 Å². The Balaban J connectivity index is 1.46. The van der Waals surface area contributed by atoms with Gasteiger partial charge in [0.05, 0.1) is 10.2 Å². The van der Waals surface area contributed by atoms with Crippen molar-refractivity contribution in [1.82, 2.24) is 14.8 Å². The Morgan fingerprint density at radius 3 is 2.89 bits per heavy atom. The molecule has 0 aliphatic carbocycles. The first-order valence-corrected chi connectivity index (χ1v) is 10.5. The molecule has 2 aliphatic heterocycles. The van der Waals surface area contributed by atoms with E-state index in [1.807, 2.05) is 48.6 Å². The van der Waals surface area contributed by atoms with Crippen molar-refractivity contribution in [3.8, 4) is 16.9 Å². The number of likely N-dealkylation sites (N-methyl/N-ethyl adjacent to an activating group) is 1. The molecule has 0 bridgehead atoms. The number of nitrogens with zero attached hydrogens (tertiary/aromatic N) is 3. The quantitative estimate of drug-likeness (QED) is 0.657. The minimum atomic E-state index is -0.476. The number of fused-ring (bicyclic) bond motifs is 2. The fourth-order valence-electron chi connectivity index (χ4n) is 3.91. The van der Waals surface area contributed by atoms with Gasteiger partial charge in [0, 0.05) is 53.5 Å². The molecule has 1 atom stereocenters. The number of benzene rings is 1. The highest BCUT2D eigenvalue weighted by Crippen LogP contribution is 2.44. The molecule has 3 aromatic rings. The number of thiophene rings is 1. The van der Waals surface area contributed by atoms with Gasteiger partial charge in [-0.15, -0.1) is 11.3 Å². The molecule has 0 N–H and O–H groups in total. The first kappa shape index (κ1) is 17.9. The summed E-state index contributed by atoms with van der Waals surface area (Å²) in [5, 5.41) is 2.69. The molecule has 0 radical (unpaired) electrons. The van der Waals surface area contributed by atoms with Gasteiger partial charge in [-0.05, 0) is 43.7 Å². The SMILES string of the molecule is CN(C)C1CN(C(=O)[C@H]2Cc3cc(Cl)cc(-c4ccnc5ccsc45)c3O2)C1. The summed E-state index contributed by atoms with van der Waals surface area (Å²) in [7, 11) is 4.09. The third-order valence-electron chi connectivity index (χ3n) is 5.61. The van der Waals surface area contributed by atoms with Crippen LogP contribution in [-0.2, 0) is 11.2 Å². The summed E-state index contributed by atoms with van der Waals surface area (Å²) in [6.07, 6.45) is 1.89. The van der Waals surface area contributed by atoms with Gasteiger partial charge in [-0.3, -0.25) is 9.78 Å². The van der Waals surface area contributed by atoms with E-state index in [1.54, 1.807) is 17.5 Å². The molecular weight excluding hydrogens is 394 g/mol. The van der Waals surface area contributed by atoms with Crippen molar-refractivity contribution in [2.24, 2.45) is 0 Å². The van der Waals surface area contributed by atoms with Gasteiger partial charge in [-0.25, -0.2) is 0 Å². The lowest BCUT2D eigenvalue weighted by molar-refractivity contribution is -0.144. The second-order valence-electron chi connectivity index (χ2n) is 7.61. The monoisotopic (exact) mass is 413 g/mol. The lowest BCUT2D eigenvalue weighted by Crippen LogP contribution is -2.61. The fourth-order valence-corrected chi connectivity index (χ4v) is 5.03. The Morgan fingerprint density at radius 1 is 1.29 bits per heavy atom. The molecule has 1 aromatic carbocycles. The van der Waals surface area contributed by atoms with Crippen molar-refractivity contribution in [3.05, 3.63) is 46.4 Å². The van der Waals surface area contributed by atoms with E-state index < -0.39 is 6.10 Å². The first-order chi connectivity index (χ1) is 13.5. The Kier molecular flexibility index (Phi) is 4.30. The summed E-state index contributed by atoms with van der Waals surface area (Å²) in [5.74, 6) is 0.834. The van der Waals surface area contributed by atoms with E-state index in [4.69, 9.17) is 16.3 Å². The molecule has 1 fully saturated rings. The third-order valence-corrected chi connectivity index (χ3v) is 6.76. The smallest absolute Gasteiger partial charge is 0.264 e. The molecule has 4 heterocycles. The standard InChI is InChI=1S/C21H20ClN3O2S/c1-24(2)14-10-25(11-14)21(26)18-8-12-7-13(22)9-16(19(12)27-18)15-3-5-23-17-4-6-28-20(15)17/h3-7,9,14,18H,8,10-11H2,1-2H3/t18-/m1/s1. The molecule has 144 valence electrons. The summed E-state index contributed by atoms with van der Waals surface area (Å²) < 4.78 is 7.31. The van der Waals surface area contributed by atoms with Crippen LogP contribution < -0.4 is 4.74 Å². The molecule has 28 heavy (non-hydrogen) atoms. The number of ether oxygens (including phenoxy) is 1. The minimum absolute atomic E-state index is 0.0624. The Labute approximate surface area is 172 Å². The van der Waals surface area contributed by atoms with E-state index in [0.717, 1.165) is 45.7 Å². The Morgan fingerprint density at radius 2 is 2.11 bits per heavy atom. The zero-order valence-electron chi connectivity index (χ0n) is 15.7. The summed E-state index contributed by atoms with van der Waals surface area (Å²) in [4.78, 5) is 21.4. The van der Waals surface area contributed by atoms with Crippen molar-refractivity contribution < 1.29 is 9.53 Å². The molecule has 0 spiro atoms. The summed E-state index contributed by atoms with van der Waals surface area (Å²) >= 11 is 8.06. The van der Waals surface area contributed by atoms with Crippen LogP contribution in [0.4, 0.5) is 0 Å². The van der Waals surface area contributed by atoms with Gasteiger partial charge in [0.2, 0.25) is 0 Å². The van der Waals surface area contributed by atoms with E-state index in [1.165, 1.54) is 0 Å². The maximum atomic E-state index is 12.9. The summed E-state index contributed by atoms with van der Waals surface area (Å²) in [6, 6.07) is 8.26. The van der Waals surface area contributed by atoms with Crippen molar-refractivity contribution in [3.63, 3.8) is 0 Å². The first-order valence-electron chi connectivity index (χ1n) is 9.28. The lowest BCUT2D eigenvalue weighted by Gasteiger charge is -2.43. The van der Waals surface area contributed by atoms with Crippen molar-refractivity contribution >= 4 is 39.1 Å². The minimum Gasteiger partial charge on any atom is -0.479 e. The predicted octanol–water partition coefficient (Wildman–Crippen LogP) is 3.69. The van der Waals surface area contributed by atoms with Crippen LogP contribution in [0.2, 0.25) is 5.02 Å². The van der Waals surface area contributed by atoms with Crippen LogP contribution in [0.5, 0.6) is 5.75 Å². The van der Waals surface area contributed by atoms with Crippen molar-refractivity contribution in [2.45, 2.75) is 18.6 Å². The van der Waals surface area contributed by atoms with Crippen LogP contribution in [0.25, 0.3) is 21.3 Å². The lowest BCUT2D eigenvalue weighted by atomic mass is 10.00. The molecule has 1 amide bonds. The van der Waals surface area contributed by atoms with Crippen molar-refractivity contribution in [1.29, 1.82) is 0 Å². The number of hydrogen-bond donors (Lipinski definition) is 0. The van der Waals surface area contributed by atoms with E-state index >= 15 is 0 Å². The highest BCUT2D eigenvalue weighted by Gasteiger charge is 2.39. The second kappa shape index (κ2) is 6.72. The number of carbonyl (C=O) groups is 1. The van der Waals surface area contributed by atoms with Crippen LogP contribution in [-0.4, -0.2) is 60.0 Å². The van der Waals surface area contributed by atoms with E-state index in [-0.39, 0.29) is 5.91 Å². The fraction of sp³-hybridized carbons (Fsp3) is 0.333. The Hall–Kier alpha value is -2.15.